The number of amides is 1. The number of carbonyl (C=O) groups is 1. The van der Waals surface area contributed by atoms with Crippen molar-refractivity contribution in [1.29, 1.82) is 5.26 Å². The lowest BCUT2D eigenvalue weighted by Gasteiger charge is -2.30. The molecule has 1 fully saturated rings. The molecule has 0 spiro atoms. The Labute approximate surface area is 165 Å². The molecule has 28 heavy (non-hydrogen) atoms. The molecular weight excluding hydrogens is 380 g/mol. The molecule has 0 radical (unpaired) electrons. The Balaban J connectivity index is 1.69. The van der Waals surface area contributed by atoms with E-state index in [2.05, 4.69) is 11.4 Å². The van der Waals surface area contributed by atoms with Gasteiger partial charge in [-0.2, -0.15) is 5.26 Å². The summed E-state index contributed by atoms with van der Waals surface area (Å²) in [4.78, 5) is 26.9. The molecule has 1 amide bonds. The molecule has 0 unspecified atom stereocenters. The number of hydrogen-bond donors (Lipinski definition) is 1. The summed E-state index contributed by atoms with van der Waals surface area (Å²) < 4.78 is 5.36. The minimum Gasteiger partial charge on any atom is -0.378 e. The van der Waals surface area contributed by atoms with E-state index >= 15 is 0 Å². The number of anilines is 2. The molecule has 2 aliphatic rings. The molecule has 1 saturated heterocycles. The third-order valence-corrected chi connectivity index (χ3v) is 6.25. The number of rotatable bonds is 4. The van der Waals surface area contributed by atoms with Crippen molar-refractivity contribution in [1.82, 2.24) is 0 Å². The average Bonchev–Trinajstić information content (AvgIpc) is 3.28. The van der Waals surface area contributed by atoms with Gasteiger partial charge in [0.15, 0.2) is 0 Å². The third-order valence-electron chi connectivity index (χ3n) is 5.05. The second-order valence-corrected chi connectivity index (χ2v) is 7.79. The maximum atomic E-state index is 13.1. The number of benzene rings is 1. The van der Waals surface area contributed by atoms with E-state index in [0.717, 1.165) is 29.7 Å². The molecule has 2 aromatic rings. The number of ether oxygens (including phenoxy) is 1. The fourth-order valence-corrected chi connectivity index (χ4v) is 4.92. The van der Waals surface area contributed by atoms with Crippen molar-refractivity contribution in [2.75, 3.05) is 36.5 Å². The van der Waals surface area contributed by atoms with E-state index in [1.165, 1.54) is 23.5 Å². The topological polar surface area (TPSA) is 108 Å². The van der Waals surface area contributed by atoms with Gasteiger partial charge in [0, 0.05) is 30.1 Å². The summed E-state index contributed by atoms with van der Waals surface area (Å²) in [6, 6.07) is 6.51. The summed E-state index contributed by atoms with van der Waals surface area (Å²) in [5.74, 6) is -0.443. The minimum atomic E-state index is -0.514. The van der Waals surface area contributed by atoms with E-state index in [1.54, 1.807) is 6.07 Å². The number of morpholine rings is 1. The molecule has 1 aromatic carbocycles. The van der Waals surface area contributed by atoms with Crippen molar-refractivity contribution >= 4 is 33.6 Å². The zero-order valence-electron chi connectivity index (χ0n) is 15.1. The van der Waals surface area contributed by atoms with Gasteiger partial charge in [-0.25, -0.2) is 0 Å². The van der Waals surface area contributed by atoms with Crippen LogP contribution in [0.25, 0.3) is 0 Å². The summed E-state index contributed by atoms with van der Waals surface area (Å²) in [7, 11) is 0. The standard InChI is InChI=1S/C19H18N4O4S/c20-11-15-13-2-1-3-17(13)28-19(15)21-18(24)14-10-12(23(25)26)4-5-16(14)22-6-8-27-9-7-22/h4-5,10H,1-3,6-9H2,(H,21,24). The number of thiophene rings is 1. The first-order chi connectivity index (χ1) is 13.6. The zero-order chi connectivity index (χ0) is 19.7. The van der Waals surface area contributed by atoms with Crippen LogP contribution < -0.4 is 10.2 Å². The van der Waals surface area contributed by atoms with Gasteiger partial charge in [0.05, 0.1) is 35.0 Å². The molecule has 1 N–H and O–H groups in total. The molecular formula is C19H18N4O4S. The molecule has 2 heterocycles. The van der Waals surface area contributed by atoms with Crippen molar-refractivity contribution in [2.24, 2.45) is 0 Å². The van der Waals surface area contributed by atoms with Crippen molar-refractivity contribution < 1.29 is 14.5 Å². The van der Waals surface area contributed by atoms with Crippen LogP contribution in [0.5, 0.6) is 0 Å². The lowest BCUT2D eigenvalue weighted by molar-refractivity contribution is -0.384. The van der Waals surface area contributed by atoms with Gasteiger partial charge in [-0.15, -0.1) is 11.3 Å². The van der Waals surface area contributed by atoms with Crippen molar-refractivity contribution in [3.63, 3.8) is 0 Å². The van der Waals surface area contributed by atoms with Gasteiger partial charge in [0.2, 0.25) is 0 Å². The summed E-state index contributed by atoms with van der Waals surface area (Å²) in [5.41, 5.74) is 2.26. The van der Waals surface area contributed by atoms with E-state index in [4.69, 9.17) is 4.74 Å². The second-order valence-electron chi connectivity index (χ2n) is 6.69. The summed E-state index contributed by atoms with van der Waals surface area (Å²) >= 11 is 1.43. The van der Waals surface area contributed by atoms with E-state index < -0.39 is 10.8 Å². The Morgan fingerprint density at radius 1 is 1.32 bits per heavy atom. The highest BCUT2D eigenvalue weighted by molar-refractivity contribution is 7.16. The highest BCUT2D eigenvalue weighted by atomic mass is 32.1. The third kappa shape index (κ3) is 3.32. The molecule has 4 rings (SSSR count). The highest BCUT2D eigenvalue weighted by Gasteiger charge is 2.26. The van der Waals surface area contributed by atoms with Crippen LogP contribution in [0.15, 0.2) is 18.2 Å². The first-order valence-electron chi connectivity index (χ1n) is 9.05. The fraction of sp³-hybridized carbons (Fsp3) is 0.368. The number of nitrogens with zero attached hydrogens (tertiary/aromatic N) is 3. The van der Waals surface area contributed by atoms with Crippen LogP contribution in [0.2, 0.25) is 0 Å². The van der Waals surface area contributed by atoms with Crippen LogP contribution in [0.3, 0.4) is 0 Å². The first kappa shape index (κ1) is 18.4. The summed E-state index contributed by atoms with van der Waals surface area (Å²) in [6.45, 7) is 2.28. The van der Waals surface area contributed by atoms with Gasteiger partial charge in [-0.1, -0.05) is 0 Å². The number of non-ortho nitro benzene ring substituents is 1. The van der Waals surface area contributed by atoms with Crippen LogP contribution in [0.4, 0.5) is 16.4 Å². The lowest BCUT2D eigenvalue weighted by atomic mass is 10.1. The van der Waals surface area contributed by atoms with Gasteiger partial charge in [-0.05, 0) is 30.9 Å². The average molecular weight is 398 g/mol. The van der Waals surface area contributed by atoms with Crippen molar-refractivity contribution in [3.8, 4) is 6.07 Å². The Kier molecular flexibility index (Phi) is 4.98. The normalized spacial score (nSPS) is 15.8. The zero-order valence-corrected chi connectivity index (χ0v) is 15.9. The predicted octanol–water partition coefficient (Wildman–Crippen LogP) is 3.11. The van der Waals surface area contributed by atoms with Gasteiger partial charge in [-0.3, -0.25) is 14.9 Å². The van der Waals surface area contributed by atoms with Crippen LogP contribution in [-0.2, 0) is 17.6 Å². The molecule has 1 aliphatic heterocycles. The van der Waals surface area contributed by atoms with Crippen molar-refractivity contribution in [3.05, 3.63) is 49.9 Å². The largest absolute Gasteiger partial charge is 0.378 e. The Hall–Kier alpha value is -2.96. The van der Waals surface area contributed by atoms with Crippen LogP contribution in [0.1, 0.15) is 32.8 Å². The number of nitro groups is 1. The number of hydrogen-bond acceptors (Lipinski definition) is 7. The van der Waals surface area contributed by atoms with E-state index in [0.29, 0.717) is 42.6 Å². The first-order valence-corrected chi connectivity index (χ1v) is 9.87. The highest BCUT2D eigenvalue weighted by Crippen LogP contribution is 2.39. The minimum absolute atomic E-state index is 0.142. The Morgan fingerprint density at radius 2 is 2.11 bits per heavy atom. The number of aryl methyl sites for hydroxylation is 1. The monoisotopic (exact) mass is 398 g/mol. The number of nitriles is 1. The molecule has 0 bridgehead atoms. The molecule has 144 valence electrons. The number of nitrogens with one attached hydrogen (secondary N) is 1. The van der Waals surface area contributed by atoms with E-state index in [-0.39, 0.29) is 11.3 Å². The molecule has 8 nitrogen and oxygen atoms in total. The second kappa shape index (κ2) is 7.58. The van der Waals surface area contributed by atoms with Crippen molar-refractivity contribution in [2.45, 2.75) is 19.3 Å². The SMILES string of the molecule is N#Cc1c(NC(=O)c2cc([N+](=O)[O-])ccc2N2CCOCC2)sc2c1CCC2. The van der Waals surface area contributed by atoms with E-state index in [1.807, 2.05) is 4.90 Å². The quantitative estimate of drug-likeness (QED) is 0.626. The van der Waals surface area contributed by atoms with E-state index in [9.17, 15) is 20.2 Å². The maximum Gasteiger partial charge on any atom is 0.270 e. The fourth-order valence-electron chi connectivity index (χ4n) is 3.68. The van der Waals surface area contributed by atoms with Gasteiger partial charge >= 0.3 is 0 Å². The molecule has 0 saturated carbocycles. The maximum absolute atomic E-state index is 13.1. The number of fused-ring (bicyclic) bond motifs is 1. The van der Waals surface area contributed by atoms with Crippen LogP contribution in [0, 0.1) is 21.4 Å². The van der Waals surface area contributed by atoms with Gasteiger partial charge < -0.3 is 15.0 Å². The van der Waals surface area contributed by atoms with Gasteiger partial charge in [0.1, 0.15) is 11.1 Å². The smallest absolute Gasteiger partial charge is 0.270 e. The lowest BCUT2D eigenvalue weighted by Crippen LogP contribution is -2.37. The molecule has 1 aromatic heterocycles. The van der Waals surface area contributed by atoms with Crippen LogP contribution >= 0.6 is 11.3 Å². The molecule has 1 aliphatic carbocycles. The predicted molar refractivity (Wildman–Crippen MR) is 105 cm³/mol. The van der Waals surface area contributed by atoms with Crippen LogP contribution in [-0.4, -0.2) is 37.1 Å². The van der Waals surface area contributed by atoms with Gasteiger partial charge in [0.25, 0.3) is 11.6 Å². The number of nitro benzene ring substituents is 1. The Morgan fingerprint density at radius 3 is 2.82 bits per heavy atom. The summed E-state index contributed by atoms with van der Waals surface area (Å²) in [5, 5.41) is 24.1. The molecule has 0 atom stereocenters. The molecule has 9 heteroatoms. The summed E-state index contributed by atoms with van der Waals surface area (Å²) in [6.07, 6.45) is 2.79. The Bertz CT molecular complexity index is 989. The number of carbonyl (C=O) groups excluding carboxylic acids is 1.